The molecule has 0 aliphatic heterocycles. The van der Waals surface area contributed by atoms with E-state index in [2.05, 4.69) is 25.3 Å². The first-order valence-electron chi connectivity index (χ1n) is 6.37. The molecule has 0 spiro atoms. The van der Waals surface area contributed by atoms with Gasteiger partial charge in [-0.15, -0.1) is 0 Å². The number of anilines is 1. The molecule has 1 heterocycles. The molecular formula is C13H21N3. The van der Waals surface area contributed by atoms with E-state index in [9.17, 15) is 0 Å². The number of hydrogen-bond acceptors (Lipinski definition) is 2. The van der Waals surface area contributed by atoms with Crippen LogP contribution in [0.15, 0.2) is 0 Å². The molecule has 0 amide bonds. The van der Waals surface area contributed by atoms with Gasteiger partial charge < -0.3 is 10.3 Å². The molecule has 0 unspecified atom stereocenters. The Morgan fingerprint density at radius 1 is 1.12 bits per heavy atom. The van der Waals surface area contributed by atoms with Crippen LogP contribution in [0.3, 0.4) is 0 Å². The van der Waals surface area contributed by atoms with Gasteiger partial charge in [-0.05, 0) is 46.5 Å². The minimum Gasteiger partial charge on any atom is -0.384 e. The van der Waals surface area contributed by atoms with E-state index in [-0.39, 0.29) is 5.54 Å². The van der Waals surface area contributed by atoms with E-state index in [1.54, 1.807) is 0 Å². The summed E-state index contributed by atoms with van der Waals surface area (Å²) in [5.74, 6) is 3.50. The van der Waals surface area contributed by atoms with Crippen LogP contribution in [0, 0.1) is 0 Å². The summed E-state index contributed by atoms with van der Waals surface area (Å²) in [6, 6.07) is 0. The molecule has 2 aliphatic carbocycles. The molecule has 0 atom stereocenters. The summed E-state index contributed by atoms with van der Waals surface area (Å²) in [4.78, 5) is 4.84. The van der Waals surface area contributed by atoms with Crippen molar-refractivity contribution in [2.45, 2.75) is 63.8 Å². The predicted octanol–water partition coefficient (Wildman–Crippen LogP) is 2.98. The van der Waals surface area contributed by atoms with Gasteiger partial charge in [-0.1, -0.05) is 0 Å². The van der Waals surface area contributed by atoms with E-state index in [0.717, 1.165) is 5.82 Å². The van der Waals surface area contributed by atoms with Crippen LogP contribution in [0.1, 0.15) is 69.8 Å². The second kappa shape index (κ2) is 3.02. The van der Waals surface area contributed by atoms with Crippen LogP contribution < -0.4 is 5.73 Å². The van der Waals surface area contributed by atoms with Crippen molar-refractivity contribution in [2.75, 3.05) is 5.73 Å². The van der Waals surface area contributed by atoms with Crippen LogP contribution in [0.5, 0.6) is 0 Å². The first kappa shape index (κ1) is 10.2. The average molecular weight is 219 g/mol. The van der Waals surface area contributed by atoms with Crippen molar-refractivity contribution >= 4 is 5.82 Å². The lowest BCUT2D eigenvalue weighted by molar-refractivity contribution is 0.388. The van der Waals surface area contributed by atoms with Gasteiger partial charge in [0.05, 0.1) is 5.69 Å². The van der Waals surface area contributed by atoms with E-state index in [1.807, 2.05) is 0 Å². The first-order chi connectivity index (χ1) is 7.48. The lowest BCUT2D eigenvalue weighted by atomic mass is 10.1. The van der Waals surface area contributed by atoms with Crippen molar-refractivity contribution < 1.29 is 0 Å². The first-order valence-corrected chi connectivity index (χ1v) is 6.37. The summed E-state index contributed by atoms with van der Waals surface area (Å²) in [5.41, 5.74) is 7.53. The van der Waals surface area contributed by atoms with Crippen molar-refractivity contribution in [3.8, 4) is 0 Å². The molecule has 88 valence electrons. The molecule has 3 heteroatoms. The summed E-state index contributed by atoms with van der Waals surface area (Å²) in [5, 5.41) is 0. The highest BCUT2D eigenvalue weighted by Gasteiger charge is 2.37. The third-order valence-electron chi connectivity index (χ3n) is 3.54. The smallest absolute Gasteiger partial charge is 0.127 e. The van der Waals surface area contributed by atoms with Crippen LogP contribution >= 0.6 is 0 Å². The van der Waals surface area contributed by atoms with Gasteiger partial charge in [-0.2, -0.15) is 0 Å². The normalized spacial score (nSPS) is 21.4. The highest BCUT2D eigenvalue weighted by molar-refractivity contribution is 5.44. The Kier molecular flexibility index (Phi) is 1.92. The van der Waals surface area contributed by atoms with Crippen LogP contribution in [0.25, 0.3) is 0 Å². The minimum absolute atomic E-state index is 0.0577. The Labute approximate surface area is 97.0 Å². The molecule has 0 saturated heterocycles. The number of rotatable bonds is 2. The molecule has 0 radical (unpaired) electrons. The summed E-state index contributed by atoms with van der Waals surface area (Å²) < 4.78 is 2.28. The van der Waals surface area contributed by atoms with E-state index in [4.69, 9.17) is 10.7 Å². The van der Waals surface area contributed by atoms with Crippen molar-refractivity contribution in [2.24, 2.45) is 0 Å². The topological polar surface area (TPSA) is 43.8 Å². The molecule has 1 aromatic heterocycles. The van der Waals surface area contributed by atoms with E-state index >= 15 is 0 Å². The largest absolute Gasteiger partial charge is 0.384 e. The van der Waals surface area contributed by atoms with Gasteiger partial charge in [0.25, 0.3) is 0 Å². The third-order valence-corrected chi connectivity index (χ3v) is 3.54. The number of nitrogens with two attached hydrogens (primary N) is 1. The Hall–Kier alpha value is -0.990. The number of nitrogen functional groups attached to an aromatic ring is 1. The highest BCUT2D eigenvalue weighted by Crippen LogP contribution is 2.47. The van der Waals surface area contributed by atoms with Crippen LogP contribution in [0.4, 0.5) is 5.82 Å². The van der Waals surface area contributed by atoms with Gasteiger partial charge in [0, 0.05) is 17.4 Å². The SMILES string of the molecule is CC(C)(C)n1c(C2CC2)nc(C2CC2)c1N. The van der Waals surface area contributed by atoms with Gasteiger partial charge in [-0.3, -0.25) is 0 Å². The molecular weight excluding hydrogens is 198 g/mol. The monoisotopic (exact) mass is 219 g/mol. The second-order valence-electron chi connectivity index (χ2n) is 6.30. The van der Waals surface area contributed by atoms with Crippen LogP contribution in [-0.4, -0.2) is 9.55 Å². The van der Waals surface area contributed by atoms with Gasteiger partial charge in [0.15, 0.2) is 0 Å². The third kappa shape index (κ3) is 1.53. The number of nitrogens with zero attached hydrogens (tertiary/aromatic N) is 2. The average Bonchev–Trinajstić information content (AvgIpc) is 3.03. The van der Waals surface area contributed by atoms with E-state index in [0.29, 0.717) is 11.8 Å². The molecule has 16 heavy (non-hydrogen) atoms. The quantitative estimate of drug-likeness (QED) is 0.831. The Balaban J connectivity index is 2.11. The van der Waals surface area contributed by atoms with E-state index < -0.39 is 0 Å². The Morgan fingerprint density at radius 2 is 1.69 bits per heavy atom. The molecule has 0 aromatic carbocycles. The van der Waals surface area contributed by atoms with Gasteiger partial charge in [0.1, 0.15) is 11.6 Å². The zero-order chi connectivity index (χ0) is 11.5. The molecule has 2 aliphatic rings. The zero-order valence-electron chi connectivity index (χ0n) is 10.5. The minimum atomic E-state index is 0.0577. The fraction of sp³-hybridized carbons (Fsp3) is 0.769. The summed E-state index contributed by atoms with van der Waals surface area (Å²) in [7, 11) is 0. The highest BCUT2D eigenvalue weighted by atomic mass is 15.2. The molecule has 3 rings (SSSR count). The van der Waals surface area contributed by atoms with Crippen LogP contribution in [0.2, 0.25) is 0 Å². The maximum Gasteiger partial charge on any atom is 0.127 e. The maximum absolute atomic E-state index is 6.30. The standard InChI is InChI=1S/C13H21N3/c1-13(2,3)16-11(14)10(8-4-5-8)15-12(16)9-6-7-9/h8-9H,4-7,14H2,1-3H3. The summed E-state index contributed by atoms with van der Waals surface area (Å²) in [6.45, 7) is 6.65. The number of aromatic nitrogens is 2. The van der Waals surface area contributed by atoms with Gasteiger partial charge in [-0.25, -0.2) is 4.98 Å². The second-order valence-corrected chi connectivity index (χ2v) is 6.30. The maximum atomic E-state index is 6.30. The number of hydrogen-bond donors (Lipinski definition) is 1. The molecule has 3 nitrogen and oxygen atoms in total. The predicted molar refractivity (Wildman–Crippen MR) is 65.6 cm³/mol. The number of imidazole rings is 1. The molecule has 2 fully saturated rings. The van der Waals surface area contributed by atoms with Crippen LogP contribution in [-0.2, 0) is 5.54 Å². The summed E-state index contributed by atoms with van der Waals surface area (Å²) in [6.07, 6.45) is 5.12. The van der Waals surface area contributed by atoms with E-state index in [1.165, 1.54) is 37.2 Å². The molecule has 2 saturated carbocycles. The van der Waals surface area contributed by atoms with Crippen molar-refractivity contribution in [1.29, 1.82) is 0 Å². The lowest BCUT2D eigenvalue weighted by Gasteiger charge is -2.25. The molecule has 2 N–H and O–H groups in total. The lowest BCUT2D eigenvalue weighted by Crippen LogP contribution is -2.25. The van der Waals surface area contributed by atoms with Gasteiger partial charge >= 0.3 is 0 Å². The Bertz CT molecular complexity index is 417. The van der Waals surface area contributed by atoms with Crippen molar-refractivity contribution in [3.05, 3.63) is 11.5 Å². The van der Waals surface area contributed by atoms with Gasteiger partial charge in [0.2, 0.25) is 0 Å². The molecule has 1 aromatic rings. The molecule has 0 bridgehead atoms. The fourth-order valence-corrected chi connectivity index (χ4v) is 2.45. The van der Waals surface area contributed by atoms with Crippen molar-refractivity contribution in [3.63, 3.8) is 0 Å². The zero-order valence-corrected chi connectivity index (χ0v) is 10.5. The Morgan fingerprint density at radius 3 is 2.12 bits per heavy atom. The summed E-state index contributed by atoms with van der Waals surface area (Å²) >= 11 is 0. The fourth-order valence-electron chi connectivity index (χ4n) is 2.45. The van der Waals surface area contributed by atoms with Crippen molar-refractivity contribution in [1.82, 2.24) is 9.55 Å².